The Morgan fingerprint density at radius 3 is 2.07 bits per heavy atom. The molecule has 3 rings (SSSR count). The smallest absolute Gasteiger partial charge is 0.294 e. The summed E-state index contributed by atoms with van der Waals surface area (Å²) in [6.07, 6.45) is -4.50. The molecule has 144 valence electrons. The molecule has 2 aromatic carbocycles. The number of alkyl halides is 3. The molecule has 0 bridgehead atoms. The van der Waals surface area contributed by atoms with Gasteiger partial charge in [-0.3, -0.25) is 9.59 Å². The molecule has 0 aliphatic rings. The number of ketones is 2. The van der Waals surface area contributed by atoms with Crippen molar-refractivity contribution in [2.45, 2.75) is 25.4 Å². The molecule has 6 heteroatoms. The lowest BCUT2D eigenvalue weighted by Gasteiger charge is -2.15. The van der Waals surface area contributed by atoms with E-state index in [2.05, 4.69) is 0 Å². The molecule has 0 amide bonds. The summed E-state index contributed by atoms with van der Waals surface area (Å²) < 4.78 is 38.3. The van der Waals surface area contributed by atoms with Crippen molar-refractivity contribution in [1.29, 1.82) is 0 Å². The number of rotatable bonds is 6. The highest BCUT2D eigenvalue weighted by Gasteiger charge is 2.31. The fourth-order valence-corrected chi connectivity index (χ4v) is 3.71. The van der Waals surface area contributed by atoms with Crippen molar-refractivity contribution >= 4 is 22.9 Å². The van der Waals surface area contributed by atoms with E-state index in [1.54, 1.807) is 29.6 Å². The molecule has 0 unspecified atom stereocenters. The maximum atomic E-state index is 13.0. The molecule has 3 aromatic rings. The average molecular weight is 402 g/mol. The van der Waals surface area contributed by atoms with E-state index in [-0.39, 0.29) is 23.6 Å². The number of halogens is 3. The van der Waals surface area contributed by atoms with Gasteiger partial charge in [0.1, 0.15) is 0 Å². The molecule has 1 heterocycles. The fourth-order valence-electron chi connectivity index (χ4n) is 2.88. The normalized spacial score (nSPS) is 12.6. The maximum Gasteiger partial charge on any atom is 0.416 e. The van der Waals surface area contributed by atoms with Crippen molar-refractivity contribution in [1.82, 2.24) is 0 Å². The van der Waals surface area contributed by atoms with Gasteiger partial charge in [0.15, 0.2) is 11.6 Å². The van der Waals surface area contributed by atoms with E-state index in [1.165, 1.54) is 23.5 Å². The molecule has 28 heavy (non-hydrogen) atoms. The topological polar surface area (TPSA) is 34.1 Å². The van der Waals surface area contributed by atoms with Crippen molar-refractivity contribution in [2.75, 3.05) is 0 Å². The van der Waals surface area contributed by atoms with Crippen LogP contribution in [0, 0.1) is 6.92 Å². The molecule has 0 radical (unpaired) electrons. The zero-order valence-corrected chi connectivity index (χ0v) is 15.8. The van der Waals surface area contributed by atoms with Crippen LogP contribution in [0.2, 0.25) is 0 Å². The second kappa shape index (κ2) is 8.10. The first-order valence-electron chi connectivity index (χ1n) is 8.60. The van der Waals surface area contributed by atoms with Crippen molar-refractivity contribution in [2.24, 2.45) is 0 Å². The van der Waals surface area contributed by atoms with Gasteiger partial charge in [0, 0.05) is 22.4 Å². The molecule has 0 N–H and O–H groups in total. The number of hydrogen-bond donors (Lipinski definition) is 0. The quantitative estimate of drug-likeness (QED) is 0.453. The Hall–Kier alpha value is -2.73. The van der Waals surface area contributed by atoms with Gasteiger partial charge in [-0.05, 0) is 30.5 Å². The number of carbonyl (C=O) groups is 2. The standard InChI is InChI=1S/C22H17F3O2S/c1-14-4-6-15(7-5-14)19(26)13-18(20-3-2-12-28-20)21(27)16-8-10-17(11-9-16)22(23,24)25/h2-12,18H,13H2,1H3/t18-/m0/s1. The second-order valence-electron chi connectivity index (χ2n) is 6.50. The molecular weight excluding hydrogens is 385 g/mol. The van der Waals surface area contributed by atoms with Crippen LogP contribution in [0.5, 0.6) is 0 Å². The van der Waals surface area contributed by atoms with Crippen LogP contribution in [0.25, 0.3) is 0 Å². The van der Waals surface area contributed by atoms with Gasteiger partial charge < -0.3 is 0 Å². The third kappa shape index (κ3) is 4.57. The Morgan fingerprint density at radius 1 is 0.929 bits per heavy atom. The highest BCUT2D eigenvalue weighted by atomic mass is 32.1. The highest BCUT2D eigenvalue weighted by Crippen LogP contribution is 2.32. The third-order valence-electron chi connectivity index (χ3n) is 4.46. The Morgan fingerprint density at radius 2 is 1.54 bits per heavy atom. The Labute approximate surface area is 164 Å². The number of Topliss-reactive ketones (excluding diaryl/α,β-unsaturated/α-hetero) is 2. The van der Waals surface area contributed by atoms with E-state index in [0.29, 0.717) is 10.4 Å². The van der Waals surface area contributed by atoms with Crippen LogP contribution < -0.4 is 0 Å². The minimum atomic E-state index is -4.46. The minimum Gasteiger partial charge on any atom is -0.294 e. The van der Waals surface area contributed by atoms with Crippen LogP contribution >= 0.6 is 11.3 Å². The van der Waals surface area contributed by atoms with Crippen LogP contribution in [-0.2, 0) is 6.18 Å². The second-order valence-corrected chi connectivity index (χ2v) is 7.48. The van der Waals surface area contributed by atoms with Gasteiger partial charge in [0.05, 0.1) is 11.5 Å². The Bertz CT molecular complexity index is 957. The predicted octanol–water partition coefficient (Wildman–Crippen LogP) is 6.31. The number of thiophene rings is 1. The van der Waals surface area contributed by atoms with Crippen LogP contribution in [0.1, 0.15) is 49.1 Å². The summed E-state index contributed by atoms with van der Waals surface area (Å²) in [6.45, 7) is 1.91. The number of benzene rings is 2. The highest BCUT2D eigenvalue weighted by molar-refractivity contribution is 7.10. The fraction of sp³-hybridized carbons (Fsp3) is 0.182. The van der Waals surface area contributed by atoms with Crippen LogP contribution in [0.15, 0.2) is 66.0 Å². The molecule has 0 fully saturated rings. The van der Waals surface area contributed by atoms with E-state index in [0.717, 1.165) is 17.7 Å². The van der Waals surface area contributed by atoms with E-state index in [4.69, 9.17) is 0 Å². The van der Waals surface area contributed by atoms with E-state index in [1.807, 2.05) is 19.1 Å². The summed E-state index contributed by atoms with van der Waals surface area (Å²) in [5.74, 6) is -1.28. The van der Waals surface area contributed by atoms with Crippen LogP contribution in [-0.4, -0.2) is 11.6 Å². The van der Waals surface area contributed by atoms with Crippen LogP contribution in [0.3, 0.4) is 0 Å². The molecule has 0 aliphatic carbocycles. The maximum absolute atomic E-state index is 13.0. The molecule has 1 atom stereocenters. The molecule has 0 spiro atoms. The number of carbonyl (C=O) groups excluding carboxylic acids is 2. The van der Waals surface area contributed by atoms with Crippen molar-refractivity contribution in [3.63, 3.8) is 0 Å². The number of aryl methyl sites for hydroxylation is 1. The summed E-state index contributed by atoms with van der Waals surface area (Å²) in [6, 6.07) is 14.7. The first kappa shape index (κ1) is 20.0. The van der Waals surface area contributed by atoms with Gasteiger partial charge in [0.25, 0.3) is 0 Å². The van der Waals surface area contributed by atoms with E-state index >= 15 is 0 Å². The molecule has 1 aromatic heterocycles. The lowest BCUT2D eigenvalue weighted by Crippen LogP contribution is -2.17. The zero-order valence-electron chi connectivity index (χ0n) is 15.0. The Kier molecular flexibility index (Phi) is 5.79. The lowest BCUT2D eigenvalue weighted by molar-refractivity contribution is -0.137. The molecule has 0 saturated carbocycles. The summed E-state index contributed by atoms with van der Waals surface area (Å²) in [5, 5.41) is 1.80. The zero-order chi connectivity index (χ0) is 20.3. The Balaban J connectivity index is 1.87. The largest absolute Gasteiger partial charge is 0.416 e. The monoisotopic (exact) mass is 402 g/mol. The van der Waals surface area contributed by atoms with Gasteiger partial charge in [-0.2, -0.15) is 13.2 Å². The first-order valence-corrected chi connectivity index (χ1v) is 9.48. The lowest BCUT2D eigenvalue weighted by atomic mass is 9.89. The van der Waals surface area contributed by atoms with Gasteiger partial charge in [-0.25, -0.2) is 0 Å². The van der Waals surface area contributed by atoms with Crippen LogP contribution in [0.4, 0.5) is 13.2 Å². The van der Waals surface area contributed by atoms with Gasteiger partial charge in [-0.1, -0.05) is 48.0 Å². The summed E-state index contributed by atoms with van der Waals surface area (Å²) in [5.41, 5.74) is 0.870. The number of hydrogen-bond acceptors (Lipinski definition) is 3. The van der Waals surface area contributed by atoms with Gasteiger partial charge >= 0.3 is 6.18 Å². The summed E-state index contributed by atoms with van der Waals surface area (Å²) >= 11 is 1.35. The third-order valence-corrected chi connectivity index (χ3v) is 5.45. The average Bonchev–Trinajstić information content (AvgIpc) is 3.20. The SMILES string of the molecule is Cc1ccc(C(=O)C[C@H](C(=O)c2ccc(C(F)(F)F)cc2)c2cccs2)cc1. The first-order chi connectivity index (χ1) is 13.3. The molecule has 2 nitrogen and oxygen atoms in total. The van der Waals surface area contributed by atoms with Crippen molar-refractivity contribution in [3.05, 3.63) is 93.2 Å². The van der Waals surface area contributed by atoms with Crippen molar-refractivity contribution in [3.8, 4) is 0 Å². The van der Waals surface area contributed by atoms with E-state index < -0.39 is 17.7 Å². The summed E-state index contributed by atoms with van der Waals surface area (Å²) in [7, 11) is 0. The summed E-state index contributed by atoms with van der Waals surface area (Å²) in [4.78, 5) is 26.4. The van der Waals surface area contributed by atoms with E-state index in [9.17, 15) is 22.8 Å². The van der Waals surface area contributed by atoms with Crippen molar-refractivity contribution < 1.29 is 22.8 Å². The molecule has 0 aliphatic heterocycles. The molecule has 0 saturated heterocycles. The van der Waals surface area contributed by atoms with Gasteiger partial charge in [-0.15, -0.1) is 11.3 Å². The predicted molar refractivity (Wildman–Crippen MR) is 103 cm³/mol. The van der Waals surface area contributed by atoms with Gasteiger partial charge in [0.2, 0.25) is 0 Å². The minimum absolute atomic E-state index is 0.0383. The molecular formula is C22H17F3O2S.